The van der Waals surface area contributed by atoms with Gasteiger partial charge >= 0.3 is 0 Å². The van der Waals surface area contributed by atoms with E-state index in [-0.39, 0.29) is 0 Å². The van der Waals surface area contributed by atoms with Crippen molar-refractivity contribution in [1.29, 1.82) is 0 Å². The second kappa shape index (κ2) is 8.56. The number of thiazole rings is 1. The molecular formula is C19H28N2OS2. The Bertz CT molecular complexity index is 601. The Labute approximate surface area is 153 Å². The molecule has 24 heavy (non-hydrogen) atoms. The van der Waals surface area contributed by atoms with E-state index >= 15 is 0 Å². The molecule has 0 aliphatic carbocycles. The molecule has 0 radical (unpaired) electrons. The van der Waals surface area contributed by atoms with Gasteiger partial charge in [-0.1, -0.05) is 6.07 Å². The first-order chi connectivity index (χ1) is 11.7. The molecule has 0 bridgehead atoms. The topological polar surface area (TPSA) is 25.4 Å². The quantitative estimate of drug-likeness (QED) is 0.675. The summed E-state index contributed by atoms with van der Waals surface area (Å²) in [5.41, 5.74) is 0.361. The highest BCUT2D eigenvalue weighted by atomic mass is 32.1. The number of hydrogen-bond donors (Lipinski definition) is 0. The SMILES string of the molecule is CCOCC1(CCc2cccs2)CCN(Cc2cnc(C)s2)CC1. The van der Waals surface area contributed by atoms with Crippen LogP contribution in [0.15, 0.2) is 23.7 Å². The molecule has 3 rings (SSSR count). The number of piperidine rings is 1. The molecule has 1 aliphatic rings. The molecule has 3 heterocycles. The van der Waals surface area contributed by atoms with E-state index in [0.29, 0.717) is 5.41 Å². The first-order valence-corrected chi connectivity index (χ1v) is 10.6. The van der Waals surface area contributed by atoms with Crippen LogP contribution in [-0.4, -0.2) is 36.2 Å². The molecule has 0 N–H and O–H groups in total. The van der Waals surface area contributed by atoms with Crippen molar-refractivity contribution in [3.05, 3.63) is 38.5 Å². The lowest BCUT2D eigenvalue weighted by atomic mass is 9.75. The van der Waals surface area contributed by atoms with Crippen molar-refractivity contribution in [3.63, 3.8) is 0 Å². The third-order valence-electron chi connectivity index (χ3n) is 5.06. The van der Waals surface area contributed by atoms with Gasteiger partial charge in [-0.3, -0.25) is 4.90 Å². The molecule has 0 amide bonds. The molecule has 3 nitrogen and oxygen atoms in total. The molecule has 0 spiro atoms. The van der Waals surface area contributed by atoms with Crippen molar-refractivity contribution in [2.24, 2.45) is 5.41 Å². The van der Waals surface area contributed by atoms with Crippen LogP contribution in [0.5, 0.6) is 0 Å². The molecule has 1 saturated heterocycles. The van der Waals surface area contributed by atoms with Gasteiger partial charge in [0.2, 0.25) is 0 Å². The number of ether oxygens (including phenoxy) is 1. The Morgan fingerprint density at radius 2 is 2.12 bits per heavy atom. The molecule has 1 fully saturated rings. The minimum Gasteiger partial charge on any atom is -0.381 e. The van der Waals surface area contributed by atoms with Gasteiger partial charge in [-0.15, -0.1) is 22.7 Å². The molecule has 5 heteroatoms. The first kappa shape index (κ1) is 18.1. The Balaban J connectivity index is 1.55. The van der Waals surface area contributed by atoms with Gasteiger partial charge in [-0.2, -0.15) is 0 Å². The number of thiophene rings is 1. The van der Waals surface area contributed by atoms with Crippen molar-refractivity contribution in [2.45, 2.75) is 46.1 Å². The van der Waals surface area contributed by atoms with E-state index in [4.69, 9.17) is 4.74 Å². The van der Waals surface area contributed by atoms with Crippen LogP contribution >= 0.6 is 22.7 Å². The second-order valence-electron chi connectivity index (χ2n) is 6.84. The van der Waals surface area contributed by atoms with E-state index in [1.165, 1.54) is 53.5 Å². The molecule has 1 aliphatic heterocycles. The number of nitrogens with zero attached hydrogens (tertiary/aromatic N) is 2. The predicted octanol–water partition coefficient (Wildman–Crippen LogP) is 4.76. The summed E-state index contributed by atoms with van der Waals surface area (Å²) in [5, 5.41) is 3.35. The van der Waals surface area contributed by atoms with Crippen LogP contribution < -0.4 is 0 Å². The zero-order chi connectivity index (χ0) is 16.8. The van der Waals surface area contributed by atoms with Crippen molar-refractivity contribution in [1.82, 2.24) is 9.88 Å². The summed E-state index contributed by atoms with van der Waals surface area (Å²) < 4.78 is 5.88. The fourth-order valence-corrected chi connectivity index (χ4v) is 5.06. The molecular weight excluding hydrogens is 336 g/mol. The summed E-state index contributed by atoms with van der Waals surface area (Å²) in [6.45, 7) is 9.34. The van der Waals surface area contributed by atoms with Crippen LogP contribution in [0.4, 0.5) is 0 Å². The summed E-state index contributed by atoms with van der Waals surface area (Å²) in [7, 11) is 0. The van der Waals surface area contributed by atoms with Crippen molar-refractivity contribution in [2.75, 3.05) is 26.3 Å². The van der Waals surface area contributed by atoms with E-state index in [2.05, 4.69) is 41.2 Å². The van der Waals surface area contributed by atoms with Gasteiger partial charge < -0.3 is 4.74 Å². The molecule has 132 valence electrons. The number of aryl methyl sites for hydroxylation is 2. The van der Waals surface area contributed by atoms with E-state index in [9.17, 15) is 0 Å². The van der Waals surface area contributed by atoms with Gasteiger partial charge in [0, 0.05) is 29.1 Å². The van der Waals surface area contributed by atoms with Gasteiger partial charge in [0.05, 0.1) is 11.6 Å². The van der Waals surface area contributed by atoms with Crippen LogP contribution in [0.1, 0.15) is 40.9 Å². The summed E-state index contributed by atoms with van der Waals surface area (Å²) >= 11 is 3.71. The maximum absolute atomic E-state index is 5.88. The van der Waals surface area contributed by atoms with Crippen LogP contribution in [0.25, 0.3) is 0 Å². The molecule has 0 unspecified atom stereocenters. The Morgan fingerprint density at radius 1 is 1.29 bits per heavy atom. The van der Waals surface area contributed by atoms with Crippen molar-refractivity contribution in [3.8, 4) is 0 Å². The number of likely N-dealkylation sites (tertiary alicyclic amines) is 1. The monoisotopic (exact) mass is 364 g/mol. The standard InChI is InChI=1S/C19H28N2OS2/c1-3-22-15-19(7-6-17-5-4-12-23-17)8-10-21(11-9-19)14-18-13-20-16(2)24-18/h4-5,12-13H,3,6-11,14-15H2,1-2H3. The van der Waals surface area contributed by atoms with Crippen LogP contribution in [0.2, 0.25) is 0 Å². The van der Waals surface area contributed by atoms with Gasteiger partial charge in [0.25, 0.3) is 0 Å². The maximum Gasteiger partial charge on any atom is 0.0897 e. The lowest BCUT2D eigenvalue weighted by Gasteiger charge is -2.41. The molecule has 0 saturated carbocycles. The fourth-order valence-electron chi connectivity index (χ4n) is 3.51. The van der Waals surface area contributed by atoms with Gasteiger partial charge in [0.1, 0.15) is 0 Å². The number of aromatic nitrogens is 1. The highest BCUT2D eigenvalue weighted by Crippen LogP contribution is 2.37. The van der Waals surface area contributed by atoms with Crippen molar-refractivity contribution >= 4 is 22.7 Å². The minimum absolute atomic E-state index is 0.361. The Kier molecular flexibility index (Phi) is 6.44. The maximum atomic E-state index is 5.88. The normalized spacial score (nSPS) is 18.1. The average Bonchev–Trinajstić information content (AvgIpc) is 3.25. The molecule has 0 aromatic carbocycles. The summed E-state index contributed by atoms with van der Waals surface area (Å²) in [5.74, 6) is 0. The lowest BCUT2D eigenvalue weighted by molar-refractivity contribution is -0.00203. The van der Waals surface area contributed by atoms with Crippen LogP contribution in [0.3, 0.4) is 0 Å². The number of hydrogen-bond acceptors (Lipinski definition) is 5. The minimum atomic E-state index is 0.361. The predicted molar refractivity (Wildman–Crippen MR) is 103 cm³/mol. The smallest absolute Gasteiger partial charge is 0.0897 e. The zero-order valence-corrected chi connectivity index (χ0v) is 16.4. The van der Waals surface area contributed by atoms with E-state index < -0.39 is 0 Å². The largest absolute Gasteiger partial charge is 0.381 e. The molecule has 2 aromatic heterocycles. The third-order valence-corrected chi connectivity index (χ3v) is 6.89. The first-order valence-electron chi connectivity index (χ1n) is 8.93. The van der Waals surface area contributed by atoms with E-state index in [0.717, 1.165) is 19.8 Å². The fraction of sp³-hybridized carbons (Fsp3) is 0.632. The Morgan fingerprint density at radius 3 is 2.75 bits per heavy atom. The van der Waals surface area contributed by atoms with E-state index in [1.54, 1.807) is 0 Å². The van der Waals surface area contributed by atoms with E-state index in [1.807, 2.05) is 28.9 Å². The molecule has 0 atom stereocenters. The lowest BCUT2D eigenvalue weighted by Crippen LogP contribution is -2.42. The summed E-state index contributed by atoms with van der Waals surface area (Å²) in [6.07, 6.45) is 6.98. The van der Waals surface area contributed by atoms with Crippen LogP contribution in [0, 0.1) is 12.3 Å². The average molecular weight is 365 g/mol. The van der Waals surface area contributed by atoms with Crippen molar-refractivity contribution < 1.29 is 4.74 Å². The Hall–Kier alpha value is -0.750. The summed E-state index contributed by atoms with van der Waals surface area (Å²) in [6, 6.07) is 4.43. The number of rotatable bonds is 8. The highest BCUT2D eigenvalue weighted by molar-refractivity contribution is 7.11. The summed E-state index contributed by atoms with van der Waals surface area (Å²) in [4.78, 5) is 9.87. The van der Waals surface area contributed by atoms with Crippen LogP contribution in [-0.2, 0) is 17.7 Å². The molecule has 2 aromatic rings. The zero-order valence-electron chi connectivity index (χ0n) is 14.8. The highest BCUT2D eigenvalue weighted by Gasteiger charge is 2.34. The van der Waals surface area contributed by atoms with Gasteiger partial charge in [0.15, 0.2) is 0 Å². The third kappa shape index (κ3) is 4.88. The van der Waals surface area contributed by atoms with Gasteiger partial charge in [-0.25, -0.2) is 4.98 Å². The van der Waals surface area contributed by atoms with Gasteiger partial charge in [-0.05, 0) is 69.5 Å². The second-order valence-corrected chi connectivity index (χ2v) is 9.19.